The van der Waals surface area contributed by atoms with E-state index in [1.54, 1.807) is 6.20 Å². The van der Waals surface area contributed by atoms with E-state index in [-0.39, 0.29) is 0 Å². The van der Waals surface area contributed by atoms with E-state index in [0.717, 1.165) is 35.6 Å². The minimum atomic E-state index is -0.639. The predicted octanol–water partition coefficient (Wildman–Crippen LogP) is 3.24. The fourth-order valence-electron chi connectivity index (χ4n) is 3.04. The van der Waals surface area contributed by atoms with Crippen LogP contribution in [-0.2, 0) is 5.60 Å². The van der Waals surface area contributed by atoms with Gasteiger partial charge in [0.25, 0.3) is 0 Å². The number of pyridine rings is 1. The van der Waals surface area contributed by atoms with Crippen molar-refractivity contribution in [1.29, 1.82) is 0 Å². The van der Waals surface area contributed by atoms with Crippen molar-refractivity contribution >= 4 is 10.8 Å². The molecule has 1 heterocycles. The lowest BCUT2D eigenvalue weighted by molar-refractivity contribution is 0.0423. The molecule has 2 unspecified atom stereocenters. The third kappa shape index (κ3) is 1.73. The molecule has 1 aliphatic rings. The SMILES string of the molecule is CC1CCC(O)(c2cccc3cnccc23)C1. The standard InChI is InChI=1S/C15H17NO/c1-11-5-7-15(17,9-11)14-4-2-3-12-10-16-8-6-13(12)14/h2-4,6,8,10-11,17H,5,7,9H2,1H3. The summed E-state index contributed by atoms with van der Waals surface area (Å²) >= 11 is 0. The van der Waals surface area contributed by atoms with E-state index in [9.17, 15) is 5.11 Å². The number of rotatable bonds is 1. The molecule has 1 aromatic carbocycles. The Labute approximate surface area is 101 Å². The van der Waals surface area contributed by atoms with Gasteiger partial charge in [-0.2, -0.15) is 0 Å². The molecule has 2 aromatic rings. The van der Waals surface area contributed by atoms with Crippen LogP contribution in [0.15, 0.2) is 36.7 Å². The van der Waals surface area contributed by atoms with Gasteiger partial charge in [-0.05, 0) is 42.2 Å². The van der Waals surface area contributed by atoms with E-state index in [2.05, 4.69) is 18.0 Å². The number of aromatic nitrogens is 1. The van der Waals surface area contributed by atoms with Crippen molar-refractivity contribution in [2.45, 2.75) is 31.8 Å². The molecule has 1 fully saturated rings. The number of benzene rings is 1. The summed E-state index contributed by atoms with van der Waals surface area (Å²) in [4.78, 5) is 4.14. The van der Waals surface area contributed by atoms with E-state index < -0.39 is 5.60 Å². The molecule has 2 heteroatoms. The van der Waals surface area contributed by atoms with Crippen LogP contribution >= 0.6 is 0 Å². The zero-order valence-electron chi connectivity index (χ0n) is 10.1. The van der Waals surface area contributed by atoms with Crippen LogP contribution in [0.2, 0.25) is 0 Å². The van der Waals surface area contributed by atoms with E-state index in [1.807, 2.05) is 24.4 Å². The zero-order chi connectivity index (χ0) is 11.9. The number of hydrogen-bond acceptors (Lipinski definition) is 2. The molecule has 3 rings (SSSR count). The number of hydrogen-bond donors (Lipinski definition) is 1. The molecule has 0 amide bonds. The average molecular weight is 227 g/mol. The van der Waals surface area contributed by atoms with E-state index in [0.29, 0.717) is 5.92 Å². The lowest BCUT2D eigenvalue weighted by atomic mass is 9.88. The average Bonchev–Trinajstić information content (AvgIpc) is 2.70. The summed E-state index contributed by atoms with van der Waals surface area (Å²) in [5.74, 6) is 0.608. The zero-order valence-corrected chi connectivity index (χ0v) is 10.1. The normalized spacial score (nSPS) is 28.7. The maximum absolute atomic E-state index is 10.8. The van der Waals surface area contributed by atoms with E-state index in [1.165, 1.54) is 0 Å². The van der Waals surface area contributed by atoms with Gasteiger partial charge >= 0.3 is 0 Å². The van der Waals surface area contributed by atoms with E-state index in [4.69, 9.17) is 0 Å². The van der Waals surface area contributed by atoms with Crippen LogP contribution in [0.3, 0.4) is 0 Å². The van der Waals surface area contributed by atoms with Crippen LogP contribution in [0.25, 0.3) is 10.8 Å². The highest BCUT2D eigenvalue weighted by Crippen LogP contribution is 2.43. The summed E-state index contributed by atoms with van der Waals surface area (Å²) in [6.07, 6.45) is 6.51. The van der Waals surface area contributed by atoms with Gasteiger partial charge in [0.05, 0.1) is 5.60 Å². The highest BCUT2D eigenvalue weighted by Gasteiger charge is 2.37. The van der Waals surface area contributed by atoms with Crippen LogP contribution in [0.4, 0.5) is 0 Å². The second kappa shape index (κ2) is 3.81. The largest absolute Gasteiger partial charge is 0.385 e. The van der Waals surface area contributed by atoms with Gasteiger partial charge in [-0.25, -0.2) is 0 Å². The molecule has 2 atom stereocenters. The Bertz CT molecular complexity index is 546. The van der Waals surface area contributed by atoms with Crippen LogP contribution in [0, 0.1) is 5.92 Å². The summed E-state index contributed by atoms with van der Waals surface area (Å²) in [7, 11) is 0. The molecular formula is C15H17NO. The summed E-state index contributed by atoms with van der Waals surface area (Å²) in [6.45, 7) is 2.21. The number of fused-ring (bicyclic) bond motifs is 1. The first kappa shape index (κ1) is 10.7. The second-order valence-electron chi connectivity index (χ2n) is 5.28. The molecule has 0 bridgehead atoms. The molecular weight excluding hydrogens is 210 g/mol. The Morgan fingerprint density at radius 3 is 3.00 bits per heavy atom. The van der Waals surface area contributed by atoms with Crippen molar-refractivity contribution < 1.29 is 5.11 Å². The van der Waals surface area contributed by atoms with Crippen LogP contribution in [-0.4, -0.2) is 10.1 Å². The van der Waals surface area contributed by atoms with Crippen LogP contribution < -0.4 is 0 Å². The van der Waals surface area contributed by atoms with Crippen LogP contribution in [0.5, 0.6) is 0 Å². The molecule has 1 aliphatic carbocycles. The van der Waals surface area contributed by atoms with Gasteiger partial charge < -0.3 is 5.11 Å². The van der Waals surface area contributed by atoms with Gasteiger partial charge in [0.15, 0.2) is 0 Å². The van der Waals surface area contributed by atoms with Crippen molar-refractivity contribution in [3.8, 4) is 0 Å². The predicted molar refractivity (Wildman–Crippen MR) is 68.7 cm³/mol. The number of aliphatic hydroxyl groups is 1. The van der Waals surface area contributed by atoms with Crippen molar-refractivity contribution in [3.63, 3.8) is 0 Å². The van der Waals surface area contributed by atoms with Crippen molar-refractivity contribution in [3.05, 3.63) is 42.2 Å². The first-order chi connectivity index (χ1) is 8.19. The van der Waals surface area contributed by atoms with Crippen molar-refractivity contribution in [1.82, 2.24) is 4.98 Å². The van der Waals surface area contributed by atoms with Gasteiger partial charge in [-0.15, -0.1) is 0 Å². The van der Waals surface area contributed by atoms with Gasteiger partial charge in [-0.3, -0.25) is 4.98 Å². The Morgan fingerprint density at radius 1 is 1.35 bits per heavy atom. The third-order valence-corrected chi connectivity index (χ3v) is 3.92. The van der Waals surface area contributed by atoms with Crippen molar-refractivity contribution in [2.75, 3.05) is 0 Å². The van der Waals surface area contributed by atoms with Gasteiger partial charge in [0.2, 0.25) is 0 Å². The maximum Gasteiger partial charge on any atom is 0.0905 e. The second-order valence-corrected chi connectivity index (χ2v) is 5.28. The molecule has 0 aliphatic heterocycles. The molecule has 17 heavy (non-hydrogen) atoms. The van der Waals surface area contributed by atoms with E-state index >= 15 is 0 Å². The third-order valence-electron chi connectivity index (χ3n) is 3.92. The topological polar surface area (TPSA) is 33.1 Å². The Hall–Kier alpha value is -1.41. The van der Waals surface area contributed by atoms with Crippen molar-refractivity contribution in [2.24, 2.45) is 5.92 Å². The Morgan fingerprint density at radius 2 is 2.24 bits per heavy atom. The maximum atomic E-state index is 10.8. The first-order valence-corrected chi connectivity index (χ1v) is 6.25. The first-order valence-electron chi connectivity index (χ1n) is 6.25. The molecule has 2 nitrogen and oxygen atoms in total. The molecule has 1 aromatic heterocycles. The highest BCUT2D eigenvalue weighted by molar-refractivity contribution is 5.85. The summed E-state index contributed by atoms with van der Waals surface area (Å²) in [5, 5.41) is 13.1. The molecule has 0 spiro atoms. The highest BCUT2D eigenvalue weighted by atomic mass is 16.3. The molecule has 0 saturated heterocycles. The van der Waals surface area contributed by atoms with Gasteiger partial charge in [-0.1, -0.05) is 25.1 Å². The lowest BCUT2D eigenvalue weighted by Crippen LogP contribution is -2.21. The minimum Gasteiger partial charge on any atom is -0.385 e. The molecule has 88 valence electrons. The fraction of sp³-hybridized carbons (Fsp3) is 0.400. The smallest absolute Gasteiger partial charge is 0.0905 e. The Kier molecular flexibility index (Phi) is 2.40. The molecule has 1 saturated carbocycles. The molecule has 0 radical (unpaired) electrons. The van der Waals surface area contributed by atoms with Gasteiger partial charge in [0.1, 0.15) is 0 Å². The lowest BCUT2D eigenvalue weighted by Gasteiger charge is -2.24. The quantitative estimate of drug-likeness (QED) is 0.811. The van der Waals surface area contributed by atoms with Gasteiger partial charge in [0, 0.05) is 17.8 Å². The number of nitrogens with zero attached hydrogens (tertiary/aromatic N) is 1. The Balaban J connectivity index is 2.17. The molecule has 1 N–H and O–H groups in total. The fourth-order valence-corrected chi connectivity index (χ4v) is 3.04. The summed E-state index contributed by atoms with van der Waals surface area (Å²) < 4.78 is 0. The minimum absolute atomic E-state index is 0.608. The van der Waals surface area contributed by atoms with Crippen LogP contribution in [0.1, 0.15) is 31.7 Å². The summed E-state index contributed by atoms with van der Waals surface area (Å²) in [6, 6.07) is 8.12. The monoisotopic (exact) mass is 227 g/mol. The summed E-state index contributed by atoms with van der Waals surface area (Å²) in [5.41, 5.74) is 0.432.